The predicted octanol–water partition coefficient (Wildman–Crippen LogP) is 1.67. The smallest absolute Gasteiger partial charge is 0.253 e. The van der Waals surface area contributed by atoms with Gasteiger partial charge in [-0.25, -0.2) is 0 Å². The lowest BCUT2D eigenvalue weighted by molar-refractivity contribution is -0.130. The van der Waals surface area contributed by atoms with Crippen LogP contribution in [0.4, 0.5) is 0 Å². The van der Waals surface area contributed by atoms with E-state index in [9.17, 15) is 4.79 Å². The van der Waals surface area contributed by atoms with Crippen molar-refractivity contribution >= 4 is 5.91 Å². The minimum absolute atomic E-state index is 0.0793. The first-order valence-corrected chi connectivity index (χ1v) is 4.93. The molecule has 3 heteroatoms. The van der Waals surface area contributed by atoms with Crippen LogP contribution in [0.25, 0.3) is 0 Å². The van der Waals surface area contributed by atoms with Crippen LogP contribution >= 0.6 is 0 Å². The highest BCUT2D eigenvalue weighted by Gasteiger charge is 2.33. The van der Waals surface area contributed by atoms with Gasteiger partial charge in [0, 0.05) is 25.4 Å². The van der Waals surface area contributed by atoms with Crippen LogP contribution in [-0.4, -0.2) is 36.5 Å². The summed E-state index contributed by atoms with van der Waals surface area (Å²) < 4.78 is 0. The van der Waals surface area contributed by atoms with E-state index in [4.69, 9.17) is 0 Å². The molecular formula is C11H20N2O. The van der Waals surface area contributed by atoms with E-state index in [-0.39, 0.29) is 11.3 Å². The summed E-state index contributed by atoms with van der Waals surface area (Å²) in [5.74, 6) is 0.160. The summed E-state index contributed by atoms with van der Waals surface area (Å²) in [6.07, 6.45) is 0. The van der Waals surface area contributed by atoms with Gasteiger partial charge in [-0.15, -0.1) is 0 Å². The van der Waals surface area contributed by atoms with Gasteiger partial charge in [-0.2, -0.15) is 0 Å². The summed E-state index contributed by atoms with van der Waals surface area (Å²) in [6.45, 7) is 8.94. The number of hydrogen-bond donors (Lipinski definition) is 0. The monoisotopic (exact) mass is 196 g/mol. The molecule has 14 heavy (non-hydrogen) atoms. The first-order chi connectivity index (χ1) is 6.25. The zero-order valence-electron chi connectivity index (χ0n) is 10.0. The average Bonchev–Trinajstić information content (AvgIpc) is 1.98. The third kappa shape index (κ3) is 1.76. The quantitative estimate of drug-likeness (QED) is 0.588. The number of rotatable bonds is 0. The number of hydrogen-bond acceptors (Lipinski definition) is 2. The first-order valence-electron chi connectivity index (χ1n) is 4.93. The minimum atomic E-state index is -0.0793. The van der Waals surface area contributed by atoms with Crippen LogP contribution < -0.4 is 0 Å². The lowest BCUT2D eigenvalue weighted by atomic mass is 9.83. The van der Waals surface area contributed by atoms with Crippen molar-refractivity contribution in [3.8, 4) is 0 Å². The lowest BCUT2D eigenvalue weighted by Crippen LogP contribution is -2.45. The van der Waals surface area contributed by atoms with Crippen molar-refractivity contribution in [2.24, 2.45) is 5.41 Å². The molecule has 1 amide bonds. The fraction of sp³-hybridized carbons (Fsp3) is 0.727. The summed E-state index contributed by atoms with van der Waals surface area (Å²) in [5, 5.41) is 0. The fourth-order valence-electron chi connectivity index (χ4n) is 1.89. The lowest BCUT2D eigenvalue weighted by Gasteiger charge is -2.38. The molecular weight excluding hydrogens is 176 g/mol. The molecule has 0 N–H and O–H groups in total. The SMILES string of the molecule is CC1=C(C(C)(C)C)C(=O)N(C)CN1C. The molecule has 0 saturated carbocycles. The Morgan fingerprint density at radius 2 is 1.64 bits per heavy atom. The maximum atomic E-state index is 12.0. The van der Waals surface area contributed by atoms with Crippen LogP contribution in [0.15, 0.2) is 11.3 Å². The van der Waals surface area contributed by atoms with E-state index >= 15 is 0 Å². The van der Waals surface area contributed by atoms with Crippen molar-refractivity contribution in [1.29, 1.82) is 0 Å². The molecule has 3 nitrogen and oxygen atoms in total. The number of allylic oxidation sites excluding steroid dienone is 1. The highest BCUT2D eigenvalue weighted by Crippen LogP contribution is 2.32. The molecule has 0 aromatic rings. The van der Waals surface area contributed by atoms with Gasteiger partial charge in [0.1, 0.15) is 0 Å². The Morgan fingerprint density at radius 3 is 2.07 bits per heavy atom. The van der Waals surface area contributed by atoms with Crippen LogP contribution in [0, 0.1) is 5.41 Å². The number of carbonyl (C=O) groups is 1. The van der Waals surface area contributed by atoms with Crippen molar-refractivity contribution in [1.82, 2.24) is 9.80 Å². The molecule has 0 spiro atoms. The van der Waals surface area contributed by atoms with E-state index in [1.807, 2.05) is 21.0 Å². The Balaban J connectivity index is 3.21. The maximum Gasteiger partial charge on any atom is 0.253 e. The Morgan fingerprint density at radius 1 is 1.14 bits per heavy atom. The second kappa shape index (κ2) is 3.30. The topological polar surface area (TPSA) is 23.6 Å². The second-order valence-electron chi connectivity index (χ2n) is 5.05. The van der Waals surface area contributed by atoms with Crippen molar-refractivity contribution in [3.05, 3.63) is 11.3 Å². The molecule has 0 aliphatic carbocycles. The molecule has 0 atom stereocenters. The second-order valence-corrected chi connectivity index (χ2v) is 5.05. The molecule has 1 heterocycles. The zero-order valence-corrected chi connectivity index (χ0v) is 10.0. The average molecular weight is 196 g/mol. The van der Waals surface area contributed by atoms with Crippen LogP contribution in [0.3, 0.4) is 0 Å². The summed E-state index contributed by atoms with van der Waals surface area (Å²) in [6, 6.07) is 0. The van der Waals surface area contributed by atoms with Crippen molar-refractivity contribution in [2.75, 3.05) is 20.8 Å². The molecule has 1 rings (SSSR count). The van der Waals surface area contributed by atoms with Crippen LogP contribution in [0.1, 0.15) is 27.7 Å². The predicted molar refractivity (Wildman–Crippen MR) is 57.6 cm³/mol. The normalized spacial score (nSPS) is 19.4. The van der Waals surface area contributed by atoms with E-state index in [1.165, 1.54) is 0 Å². The van der Waals surface area contributed by atoms with Gasteiger partial charge in [-0.05, 0) is 12.3 Å². The van der Waals surface area contributed by atoms with E-state index in [1.54, 1.807) is 4.90 Å². The summed E-state index contributed by atoms with van der Waals surface area (Å²) in [7, 11) is 3.86. The third-order valence-corrected chi connectivity index (χ3v) is 2.67. The minimum Gasteiger partial charge on any atom is -0.360 e. The molecule has 1 aliphatic rings. The standard InChI is InChI=1S/C11H20N2O/c1-8-9(11(2,3)4)10(14)13(6)7-12(8)5/h7H2,1-6H3. The number of amides is 1. The summed E-state index contributed by atoms with van der Waals surface area (Å²) in [5.41, 5.74) is 1.94. The zero-order chi connectivity index (χ0) is 11.1. The highest BCUT2D eigenvalue weighted by atomic mass is 16.2. The van der Waals surface area contributed by atoms with Crippen molar-refractivity contribution in [3.63, 3.8) is 0 Å². The number of carbonyl (C=O) groups excluding carboxylic acids is 1. The Kier molecular flexibility index (Phi) is 2.61. The van der Waals surface area contributed by atoms with Gasteiger partial charge in [0.25, 0.3) is 5.91 Å². The largest absolute Gasteiger partial charge is 0.360 e. The Bertz CT molecular complexity index is 286. The maximum absolute atomic E-state index is 12.0. The van der Waals surface area contributed by atoms with Gasteiger partial charge in [0.05, 0.1) is 6.67 Å². The molecule has 1 aliphatic heterocycles. The van der Waals surface area contributed by atoms with Gasteiger partial charge >= 0.3 is 0 Å². The van der Waals surface area contributed by atoms with Gasteiger partial charge in [0.15, 0.2) is 0 Å². The van der Waals surface area contributed by atoms with Crippen LogP contribution in [-0.2, 0) is 4.79 Å². The Labute approximate surface area is 86.4 Å². The van der Waals surface area contributed by atoms with Crippen LogP contribution in [0.5, 0.6) is 0 Å². The van der Waals surface area contributed by atoms with E-state index in [0.29, 0.717) is 6.67 Å². The van der Waals surface area contributed by atoms with E-state index in [2.05, 4.69) is 25.7 Å². The molecule has 0 saturated heterocycles. The molecule has 0 unspecified atom stereocenters. The van der Waals surface area contributed by atoms with Gasteiger partial charge in [0.2, 0.25) is 0 Å². The molecule has 0 fully saturated rings. The fourth-order valence-corrected chi connectivity index (χ4v) is 1.89. The van der Waals surface area contributed by atoms with E-state index in [0.717, 1.165) is 11.3 Å². The summed E-state index contributed by atoms with van der Waals surface area (Å²) >= 11 is 0. The molecule has 80 valence electrons. The summed E-state index contributed by atoms with van der Waals surface area (Å²) in [4.78, 5) is 15.8. The van der Waals surface area contributed by atoms with E-state index < -0.39 is 0 Å². The highest BCUT2D eigenvalue weighted by molar-refractivity contribution is 5.95. The molecule has 0 bridgehead atoms. The van der Waals surface area contributed by atoms with Crippen molar-refractivity contribution < 1.29 is 4.79 Å². The van der Waals surface area contributed by atoms with Crippen LogP contribution in [0.2, 0.25) is 0 Å². The number of likely N-dealkylation sites (N-methyl/N-ethyl adjacent to an activating group) is 1. The van der Waals surface area contributed by atoms with Crippen molar-refractivity contribution in [2.45, 2.75) is 27.7 Å². The first kappa shape index (κ1) is 11.1. The third-order valence-electron chi connectivity index (χ3n) is 2.67. The van der Waals surface area contributed by atoms with Gasteiger partial charge in [-0.3, -0.25) is 4.79 Å². The molecule has 0 aromatic heterocycles. The molecule has 0 aromatic carbocycles. The van der Waals surface area contributed by atoms with Gasteiger partial charge in [-0.1, -0.05) is 20.8 Å². The Hall–Kier alpha value is -0.990. The molecule has 0 radical (unpaired) electrons. The number of nitrogens with zero attached hydrogens (tertiary/aromatic N) is 2. The van der Waals surface area contributed by atoms with Gasteiger partial charge < -0.3 is 9.80 Å².